The molecule has 0 spiro atoms. The average Bonchev–Trinajstić information content (AvgIpc) is 3.25. The number of hydrogen-bond acceptors (Lipinski definition) is 6. The lowest BCUT2D eigenvalue weighted by Crippen LogP contribution is -2.58. The van der Waals surface area contributed by atoms with E-state index in [0.29, 0.717) is 12.8 Å². The fourth-order valence-corrected chi connectivity index (χ4v) is 4.33. The Labute approximate surface area is 143 Å². The normalized spacial score (nSPS) is 35.6. The van der Waals surface area contributed by atoms with Gasteiger partial charge in [0.15, 0.2) is 17.0 Å². The zero-order valence-corrected chi connectivity index (χ0v) is 13.7. The SMILES string of the molecule is CCCC1OC(CC(=O)O)CC23OC12C(=O)c1cc(O)ccc1C3=O. The minimum absolute atomic E-state index is 0.0460. The number of ketones is 2. The number of phenols is 1. The molecule has 2 aliphatic heterocycles. The van der Waals surface area contributed by atoms with Crippen molar-refractivity contribution >= 4 is 17.5 Å². The second-order valence-electron chi connectivity index (χ2n) is 6.89. The molecule has 4 atom stereocenters. The van der Waals surface area contributed by atoms with Crippen molar-refractivity contribution in [2.45, 2.75) is 56.0 Å². The highest BCUT2D eigenvalue weighted by molar-refractivity contribution is 6.25. The standard InChI is InChI=1S/C18H18O7/c1-2-3-13-18-16(23)12-6-9(19)4-5-11(12)15(22)17(18,25-18)8-10(24-13)7-14(20)21/h4-6,10,13,19H,2-3,7-8H2,1H3,(H,20,21). The summed E-state index contributed by atoms with van der Waals surface area (Å²) >= 11 is 0. The van der Waals surface area contributed by atoms with Crippen LogP contribution in [0, 0.1) is 0 Å². The van der Waals surface area contributed by atoms with E-state index in [1.165, 1.54) is 18.2 Å². The quantitative estimate of drug-likeness (QED) is 0.798. The molecule has 2 fully saturated rings. The summed E-state index contributed by atoms with van der Waals surface area (Å²) in [7, 11) is 0. The summed E-state index contributed by atoms with van der Waals surface area (Å²) in [6, 6.07) is 4.05. The summed E-state index contributed by atoms with van der Waals surface area (Å²) in [5.74, 6) is -1.83. The van der Waals surface area contributed by atoms with Gasteiger partial charge in [-0.3, -0.25) is 14.4 Å². The number of benzene rings is 1. The van der Waals surface area contributed by atoms with Gasteiger partial charge in [0, 0.05) is 17.5 Å². The number of epoxide rings is 1. The lowest BCUT2D eigenvalue weighted by Gasteiger charge is -2.38. The van der Waals surface area contributed by atoms with Crippen LogP contribution in [0.1, 0.15) is 53.3 Å². The molecule has 132 valence electrons. The number of carbonyl (C=O) groups is 3. The molecule has 0 amide bonds. The Morgan fingerprint density at radius 1 is 1.28 bits per heavy atom. The van der Waals surface area contributed by atoms with E-state index >= 15 is 0 Å². The van der Waals surface area contributed by atoms with Crippen molar-refractivity contribution < 1.29 is 34.1 Å². The third kappa shape index (κ3) is 1.96. The lowest BCUT2D eigenvalue weighted by molar-refractivity contribution is -0.143. The summed E-state index contributed by atoms with van der Waals surface area (Å²) in [4.78, 5) is 37.3. The molecular weight excluding hydrogens is 328 g/mol. The van der Waals surface area contributed by atoms with Crippen LogP contribution in [0.2, 0.25) is 0 Å². The summed E-state index contributed by atoms with van der Waals surface area (Å²) in [6.45, 7) is 1.92. The Kier molecular flexibility index (Phi) is 3.33. The number of hydrogen-bond donors (Lipinski definition) is 2. The van der Waals surface area contributed by atoms with Gasteiger partial charge < -0.3 is 19.7 Å². The number of rotatable bonds is 4. The third-order valence-corrected chi connectivity index (χ3v) is 5.37. The molecule has 4 rings (SSSR count). The first-order chi connectivity index (χ1) is 11.9. The largest absolute Gasteiger partial charge is 0.508 e. The molecule has 7 nitrogen and oxygen atoms in total. The minimum Gasteiger partial charge on any atom is -0.508 e. The van der Waals surface area contributed by atoms with E-state index in [4.69, 9.17) is 14.6 Å². The van der Waals surface area contributed by atoms with Gasteiger partial charge in [-0.1, -0.05) is 13.3 Å². The smallest absolute Gasteiger partial charge is 0.305 e. The van der Waals surface area contributed by atoms with Crippen molar-refractivity contribution in [2.75, 3.05) is 0 Å². The second kappa shape index (κ2) is 5.12. The van der Waals surface area contributed by atoms with E-state index in [1.54, 1.807) is 0 Å². The summed E-state index contributed by atoms with van der Waals surface area (Å²) in [5.41, 5.74) is -2.39. The Morgan fingerprint density at radius 2 is 2.04 bits per heavy atom. The third-order valence-electron chi connectivity index (χ3n) is 5.37. The van der Waals surface area contributed by atoms with Crippen molar-refractivity contribution in [3.8, 4) is 5.75 Å². The van der Waals surface area contributed by atoms with Crippen LogP contribution < -0.4 is 0 Å². The van der Waals surface area contributed by atoms with Gasteiger partial charge in [-0.25, -0.2) is 0 Å². The predicted molar refractivity (Wildman–Crippen MR) is 83.8 cm³/mol. The van der Waals surface area contributed by atoms with E-state index in [-0.39, 0.29) is 41.3 Å². The molecule has 1 aromatic rings. The van der Waals surface area contributed by atoms with Gasteiger partial charge in [0.2, 0.25) is 5.78 Å². The number of ether oxygens (including phenoxy) is 2. The van der Waals surface area contributed by atoms with Gasteiger partial charge >= 0.3 is 5.97 Å². The molecule has 25 heavy (non-hydrogen) atoms. The van der Waals surface area contributed by atoms with Gasteiger partial charge in [-0.2, -0.15) is 0 Å². The van der Waals surface area contributed by atoms with Gasteiger partial charge in [-0.05, 0) is 24.6 Å². The molecule has 0 saturated carbocycles. The molecule has 3 aliphatic rings. The van der Waals surface area contributed by atoms with E-state index in [2.05, 4.69) is 0 Å². The summed E-state index contributed by atoms with van der Waals surface area (Å²) in [5, 5.41) is 18.8. The Morgan fingerprint density at radius 3 is 2.72 bits per heavy atom. The van der Waals surface area contributed by atoms with Crippen LogP contribution in [0.25, 0.3) is 0 Å². The maximum atomic E-state index is 13.1. The Bertz CT molecular complexity index is 801. The first kappa shape index (κ1) is 16.2. The number of carboxylic acid groups (broad SMARTS) is 1. The highest BCUT2D eigenvalue weighted by Crippen LogP contribution is 2.64. The second-order valence-corrected chi connectivity index (χ2v) is 6.89. The highest BCUT2D eigenvalue weighted by Gasteiger charge is 2.85. The topological polar surface area (TPSA) is 113 Å². The zero-order valence-electron chi connectivity index (χ0n) is 13.7. The maximum absolute atomic E-state index is 13.1. The van der Waals surface area contributed by atoms with Crippen LogP contribution in [0.15, 0.2) is 18.2 Å². The van der Waals surface area contributed by atoms with Crippen LogP contribution in [-0.4, -0.2) is 51.2 Å². The van der Waals surface area contributed by atoms with Gasteiger partial charge in [0.25, 0.3) is 0 Å². The molecule has 2 saturated heterocycles. The van der Waals surface area contributed by atoms with Crippen molar-refractivity contribution in [2.24, 2.45) is 0 Å². The Balaban J connectivity index is 1.82. The van der Waals surface area contributed by atoms with Gasteiger partial charge in [0.05, 0.1) is 18.6 Å². The van der Waals surface area contributed by atoms with E-state index in [9.17, 15) is 19.5 Å². The monoisotopic (exact) mass is 346 g/mol. The number of aliphatic carboxylic acids is 1. The van der Waals surface area contributed by atoms with Crippen LogP contribution in [0.4, 0.5) is 0 Å². The molecule has 7 heteroatoms. The fourth-order valence-electron chi connectivity index (χ4n) is 4.33. The molecule has 1 aromatic carbocycles. The van der Waals surface area contributed by atoms with Crippen LogP contribution >= 0.6 is 0 Å². The fraction of sp³-hybridized carbons (Fsp3) is 0.500. The molecule has 0 aromatic heterocycles. The van der Waals surface area contributed by atoms with E-state index in [0.717, 1.165) is 0 Å². The molecule has 2 heterocycles. The molecule has 2 N–H and O–H groups in total. The number of Topliss-reactive ketones (excluding diaryl/α,β-unsaturated/α-hetero) is 2. The van der Waals surface area contributed by atoms with Crippen molar-refractivity contribution in [1.29, 1.82) is 0 Å². The number of phenolic OH excluding ortho intramolecular Hbond substituents is 1. The maximum Gasteiger partial charge on any atom is 0.305 e. The molecule has 4 unspecified atom stereocenters. The molecule has 0 bridgehead atoms. The molecular formula is C18H18O7. The number of aromatic hydroxyl groups is 1. The van der Waals surface area contributed by atoms with Crippen LogP contribution in [0.5, 0.6) is 5.75 Å². The average molecular weight is 346 g/mol. The van der Waals surface area contributed by atoms with Crippen LogP contribution in [0.3, 0.4) is 0 Å². The van der Waals surface area contributed by atoms with Crippen molar-refractivity contribution in [3.05, 3.63) is 29.3 Å². The first-order valence-electron chi connectivity index (χ1n) is 8.35. The summed E-state index contributed by atoms with van der Waals surface area (Å²) in [6.07, 6.45) is -0.386. The zero-order chi connectivity index (χ0) is 18.0. The molecule has 0 radical (unpaired) electrons. The van der Waals surface area contributed by atoms with Crippen LogP contribution in [-0.2, 0) is 14.3 Å². The minimum atomic E-state index is -1.39. The van der Waals surface area contributed by atoms with Crippen molar-refractivity contribution in [1.82, 2.24) is 0 Å². The number of fused-ring (bicyclic) bond motifs is 1. The van der Waals surface area contributed by atoms with E-state index in [1.807, 2.05) is 6.92 Å². The summed E-state index contributed by atoms with van der Waals surface area (Å²) < 4.78 is 11.7. The highest BCUT2D eigenvalue weighted by atomic mass is 16.7. The molecule has 1 aliphatic carbocycles. The van der Waals surface area contributed by atoms with Crippen molar-refractivity contribution in [3.63, 3.8) is 0 Å². The van der Waals surface area contributed by atoms with E-state index < -0.39 is 29.4 Å². The predicted octanol–water partition coefficient (Wildman–Crippen LogP) is 1.71. The lowest BCUT2D eigenvalue weighted by atomic mass is 9.67. The first-order valence-corrected chi connectivity index (χ1v) is 8.35. The van der Waals surface area contributed by atoms with Gasteiger partial charge in [-0.15, -0.1) is 0 Å². The Hall–Kier alpha value is -2.25. The number of carboxylic acids is 1. The number of carbonyl (C=O) groups excluding carboxylic acids is 2. The van der Waals surface area contributed by atoms with Gasteiger partial charge in [0.1, 0.15) is 5.75 Å².